The normalized spacial score (nSPS) is 10.9. The van der Waals surface area contributed by atoms with Gasteiger partial charge in [-0.2, -0.15) is 5.10 Å². The van der Waals surface area contributed by atoms with Gasteiger partial charge in [-0.1, -0.05) is 47.7 Å². The fraction of sp³-hybridized carbons (Fsp3) is 0.286. The molecule has 1 aromatic heterocycles. The van der Waals surface area contributed by atoms with Crippen LogP contribution in [-0.4, -0.2) is 34.4 Å². The van der Waals surface area contributed by atoms with Crippen molar-refractivity contribution in [1.82, 2.24) is 15.4 Å². The van der Waals surface area contributed by atoms with Crippen LogP contribution in [0.25, 0.3) is 0 Å². The van der Waals surface area contributed by atoms with Crippen molar-refractivity contribution >= 4 is 23.9 Å². The zero-order valence-electron chi connectivity index (χ0n) is 21.2. The quantitative estimate of drug-likeness (QED) is 0.118. The first-order valence-electron chi connectivity index (χ1n) is 11.7. The first-order valence-corrected chi connectivity index (χ1v) is 12.7. The summed E-state index contributed by atoms with van der Waals surface area (Å²) in [5, 5.41) is 4.69. The molecule has 3 aromatic rings. The average molecular weight is 505 g/mol. The number of aromatic nitrogens is 2. The second-order valence-electron chi connectivity index (χ2n) is 8.22. The van der Waals surface area contributed by atoms with Gasteiger partial charge in [0.15, 0.2) is 16.7 Å². The van der Waals surface area contributed by atoms with E-state index in [2.05, 4.69) is 58.3 Å². The highest BCUT2D eigenvalue weighted by Gasteiger charge is 2.13. The van der Waals surface area contributed by atoms with Crippen molar-refractivity contribution in [2.24, 2.45) is 5.10 Å². The van der Waals surface area contributed by atoms with Gasteiger partial charge in [-0.15, -0.1) is 6.58 Å². The summed E-state index contributed by atoms with van der Waals surface area (Å²) in [7, 11) is 0. The molecule has 0 unspecified atom stereocenters. The summed E-state index contributed by atoms with van der Waals surface area (Å²) < 4.78 is 12.1. The van der Waals surface area contributed by atoms with E-state index in [0.717, 1.165) is 28.1 Å². The van der Waals surface area contributed by atoms with Crippen molar-refractivity contribution < 1.29 is 14.3 Å². The van der Waals surface area contributed by atoms with Crippen LogP contribution in [0.2, 0.25) is 0 Å². The van der Waals surface area contributed by atoms with Gasteiger partial charge in [-0.3, -0.25) is 4.79 Å². The number of carbonyl (C=O) groups is 1. The number of rotatable bonds is 12. The van der Waals surface area contributed by atoms with Crippen LogP contribution in [0.1, 0.15) is 40.6 Å². The molecular formula is C28H32N4O3S. The van der Waals surface area contributed by atoms with E-state index in [1.807, 2.05) is 45.0 Å². The van der Waals surface area contributed by atoms with Gasteiger partial charge in [0.1, 0.15) is 6.61 Å². The van der Waals surface area contributed by atoms with Crippen molar-refractivity contribution in [3.8, 4) is 11.5 Å². The number of nitrogens with one attached hydrogen (secondary N) is 1. The largest absolute Gasteiger partial charge is 0.490 e. The molecule has 1 N–H and O–H groups in total. The van der Waals surface area contributed by atoms with Crippen LogP contribution in [0.5, 0.6) is 11.5 Å². The Morgan fingerprint density at radius 1 is 1.08 bits per heavy atom. The van der Waals surface area contributed by atoms with Crippen LogP contribution >= 0.6 is 11.8 Å². The average Bonchev–Trinajstić information content (AvgIpc) is 2.83. The fourth-order valence-electron chi connectivity index (χ4n) is 3.43. The summed E-state index contributed by atoms with van der Waals surface area (Å²) >= 11 is 1.27. The van der Waals surface area contributed by atoms with Gasteiger partial charge in [-0.05, 0) is 63.4 Å². The molecule has 2 aromatic carbocycles. The number of ether oxygens (including phenoxy) is 2. The van der Waals surface area contributed by atoms with Gasteiger partial charge in [0, 0.05) is 17.0 Å². The van der Waals surface area contributed by atoms with Crippen LogP contribution in [0.3, 0.4) is 0 Å². The maximum Gasteiger partial charge on any atom is 0.250 e. The molecule has 0 aliphatic heterocycles. The van der Waals surface area contributed by atoms with Crippen molar-refractivity contribution in [2.75, 3.05) is 12.4 Å². The number of hydrazone groups is 1. The van der Waals surface area contributed by atoms with Gasteiger partial charge >= 0.3 is 0 Å². The second kappa shape index (κ2) is 13.4. The molecule has 7 nitrogen and oxygen atoms in total. The molecule has 0 fully saturated rings. The lowest BCUT2D eigenvalue weighted by Crippen LogP contribution is -2.19. The SMILES string of the molecule is C=CCc1cc(/C=N\NC(=O)CSc2nc(C)cc(C)n2)cc(OCC)c1OCc1ccc(C)cc1. The van der Waals surface area contributed by atoms with E-state index in [1.165, 1.54) is 17.3 Å². The topological polar surface area (TPSA) is 85.7 Å². The Bertz CT molecular complexity index is 1210. The number of amides is 1. The number of hydrogen-bond acceptors (Lipinski definition) is 7. The Labute approximate surface area is 217 Å². The zero-order chi connectivity index (χ0) is 25.9. The Morgan fingerprint density at radius 3 is 2.47 bits per heavy atom. The number of thioether (sulfide) groups is 1. The highest BCUT2D eigenvalue weighted by Crippen LogP contribution is 2.34. The predicted molar refractivity (Wildman–Crippen MR) is 145 cm³/mol. The molecule has 1 amide bonds. The minimum Gasteiger partial charge on any atom is -0.490 e. The molecule has 0 bridgehead atoms. The van der Waals surface area contributed by atoms with Crippen LogP contribution in [0.15, 0.2) is 65.4 Å². The Morgan fingerprint density at radius 2 is 1.81 bits per heavy atom. The number of allylic oxidation sites excluding steroid dienone is 1. The summed E-state index contributed by atoms with van der Waals surface area (Å²) in [6.45, 7) is 12.6. The minimum absolute atomic E-state index is 0.165. The van der Waals surface area contributed by atoms with Crippen LogP contribution in [0.4, 0.5) is 0 Å². The van der Waals surface area contributed by atoms with Gasteiger partial charge in [0.25, 0.3) is 5.91 Å². The number of carbonyl (C=O) groups excluding carboxylic acids is 1. The van der Waals surface area contributed by atoms with Gasteiger partial charge < -0.3 is 9.47 Å². The zero-order valence-corrected chi connectivity index (χ0v) is 22.0. The highest BCUT2D eigenvalue weighted by molar-refractivity contribution is 7.99. The molecule has 0 aliphatic rings. The highest BCUT2D eigenvalue weighted by atomic mass is 32.2. The Kier molecular flexibility index (Phi) is 10.1. The van der Waals surface area contributed by atoms with E-state index in [1.54, 1.807) is 6.21 Å². The summed E-state index contributed by atoms with van der Waals surface area (Å²) in [6, 6.07) is 13.9. The third-order valence-corrected chi connectivity index (χ3v) is 5.87. The molecule has 3 rings (SSSR count). The molecule has 0 spiro atoms. The third kappa shape index (κ3) is 8.23. The van der Waals surface area contributed by atoms with Crippen molar-refractivity contribution in [1.29, 1.82) is 0 Å². The van der Waals surface area contributed by atoms with Crippen molar-refractivity contribution in [3.63, 3.8) is 0 Å². The number of nitrogens with zero attached hydrogens (tertiary/aromatic N) is 3. The molecule has 0 radical (unpaired) electrons. The first-order chi connectivity index (χ1) is 17.4. The molecule has 1 heterocycles. The van der Waals surface area contributed by atoms with Gasteiger partial charge in [0.2, 0.25) is 0 Å². The molecule has 188 valence electrons. The predicted octanol–water partition coefficient (Wildman–Crippen LogP) is 5.35. The fourth-order valence-corrected chi connectivity index (χ4v) is 4.17. The molecule has 0 saturated carbocycles. The van der Waals surface area contributed by atoms with E-state index in [0.29, 0.717) is 36.3 Å². The van der Waals surface area contributed by atoms with E-state index < -0.39 is 0 Å². The lowest BCUT2D eigenvalue weighted by Gasteiger charge is -2.17. The molecule has 0 saturated heterocycles. The summed E-state index contributed by atoms with van der Waals surface area (Å²) in [5.74, 6) is 1.23. The van der Waals surface area contributed by atoms with Gasteiger partial charge in [0.05, 0.1) is 18.6 Å². The maximum atomic E-state index is 12.3. The van der Waals surface area contributed by atoms with Crippen LogP contribution < -0.4 is 14.9 Å². The summed E-state index contributed by atoms with van der Waals surface area (Å²) in [5.41, 5.74) is 8.29. The molecule has 8 heteroatoms. The van der Waals surface area contributed by atoms with Gasteiger partial charge in [-0.25, -0.2) is 15.4 Å². The van der Waals surface area contributed by atoms with E-state index in [-0.39, 0.29) is 11.7 Å². The summed E-state index contributed by atoms with van der Waals surface area (Å²) in [4.78, 5) is 20.9. The number of hydrogen-bond donors (Lipinski definition) is 1. The molecule has 36 heavy (non-hydrogen) atoms. The van der Waals surface area contributed by atoms with Crippen molar-refractivity contribution in [3.05, 3.63) is 88.8 Å². The van der Waals surface area contributed by atoms with Crippen LogP contribution in [-0.2, 0) is 17.8 Å². The van der Waals surface area contributed by atoms with Crippen LogP contribution in [0, 0.1) is 20.8 Å². The third-order valence-electron chi connectivity index (χ3n) is 5.02. The monoisotopic (exact) mass is 504 g/mol. The second-order valence-corrected chi connectivity index (χ2v) is 9.17. The Hall–Kier alpha value is -3.65. The smallest absolute Gasteiger partial charge is 0.250 e. The van der Waals surface area contributed by atoms with E-state index in [4.69, 9.17) is 9.47 Å². The first kappa shape index (κ1) is 26.9. The van der Waals surface area contributed by atoms with E-state index >= 15 is 0 Å². The minimum atomic E-state index is -0.242. The maximum absolute atomic E-state index is 12.3. The Balaban J connectivity index is 1.68. The van der Waals surface area contributed by atoms with E-state index in [9.17, 15) is 4.79 Å². The molecule has 0 aliphatic carbocycles. The number of benzene rings is 2. The van der Waals surface area contributed by atoms with Crippen molar-refractivity contribution in [2.45, 2.75) is 45.9 Å². The molecular weight excluding hydrogens is 472 g/mol. The standard InChI is InChI=1S/C28H32N4O3S/c1-6-8-24-14-23(16-29-32-26(33)18-36-28-30-20(4)13-21(5)31-28)15-25(34-7-2)27(24)35-17-22-11-9-19(3)10-12-22/h6,9-16H,1,7-8,17-18H2,2-5H3,(H,32,33)/b29-16-. The molecule has 0 atom stereocenters. The lowest BCUT2D eigenvalue weighted by atomic mass is 10.1. The summed E-state index contributed by atoms with van der Waals surface area (Å²) in [6.07, 6.45) is 4.01. The number of aryl methyl sites for hydroxylation is 3. The lowest BCUT2D eigenvalue weighted by molar-refractivity contribution is -0.118.